The van der Waals surface area contributed by atoms with Crippen molar-refractivity contribution in [3.8, 4) is 0 Å². The Bertz CT molecular complexity index is 316. The van der Waals surface area contributed by atoms with Crippen molar-refractivity contribution in [3.05, 3.63) is 23.5 Å². The van der Waals surface area contributed by atoms with Gasteiger partial charge in [0, 0.05) is 12.4 Å². The molecule has 0 fully saturated rings. The number of carboxylic acids is 1. The standard InChI is InChI=1S/C9H11NO2/c1-5-2-6-3-10-4-7(6)8(5)9(11)12/h3-5,8,10H,2H2,1H3,(H,11,12). The number of nitrogens with one attached hydrogen (secondary N) is 1. The predicted molar refractivity (Wildman–Crippen MR) is 44.0 cm³/mol. The first-order valence-corrected chi connectivity index (χ1v) is 4.08. The highest BCUT2D eigenvalue weighted by Crippen LogP contribution is 2.37. The molecule has 0 spiro atoms. The second-order valence-electron chi connectivity index (χ2n) is 3.43. The van der Waals surface area contributed by atoms with Crippen LogP contribution in [0, 0.1) is 5.92 Å². The van der Waals surface area contributed by atoms with Crippen LogP contribution in [0.15, 0.2) is 12.4 Å². The van der Waals surface area contributed by atoms with E-state index < -0.39 is 5.97 Å². The van der Waals surface area contributed by atoms with Gasteiger partial charge in [-0.25, -0.2) is 0 Å². The molecule has 0 aliphatic heterocycles. The molecular formula is C9H11NO2. The van der Waals surface area contributed by atoms with Crippen LogP contribution in [-0.4, -0.2) is 16.1 Å². The van der Waals surface area contributed by atoms with E-state index in [4.69, 9.17) is 5.11 Å². The molecule has 12 heavy (non-hydrogen) atoms. The molecule has 0 saturated heterocycles. The third-order valence-corrected chi connectivity index (χ3v) is 2.58. The molecule has 2 atom stereocenters. The van der Waals surface area contributed by atoms with Crippen molar-refractivity contribution in [2.45, 2.75) is 19.3 Å². The van der Waals surface area contributed by atoms with Crippen LogP contribution in [0.4, 0.5) is 0 Å². The van der Waals surface area contributed by atoms with Crippen LogP contribution in [0.1, 0.15) is 24.0 Å². The Morgan fingerprint density at radius 3 is 3.08 bits per heavy atom. The molecule has 1 heterocycles. The maximum absolute atomic E-state index is 10.9. The number of fused-ring (bicyclic) bond motifs is 1. The number of rotatable bonds is 1. The number of aromatic amines is 1. The van der Waals surface area contributed by atoms with E-state index in [-0.39, 0.29) is 11.8 Å². The van der Waals surface area contributed by atoms with Gasteiger partial charge in [-0.2, -0.15) is 0 Å². The Kier molecular flexibility index (Phi) is 1.46. The van der Waals surface area contributed by atoms with Crippen LogP contribution >= 0.6 is 0 Å². The third-order valence-electron chi connectivity index (χ3n) is 2.58. The summed E-state index contributed by atoms with van der Waals surface area (Å²) < 4.78 is 0. The number of aromatic nitrogens is 1. The monoisotopic (exact) mass is 165 g/mol. The van der Waals surface area contributed by atoms with Gasteiger partial charge in [0.1, 0.15) is 0 Å². The highest BCUT2D eigenvalue weighted by Gasteiger charge is 2.35. The Morgan fingerprint density at radius 2 is 2.42 bits per heavy atom. The normalized spacial score (nSPS) is 27.1. The number of carbonyl (C=O) groups is 1. The zero-order valence-corrected chi connectivity index (χ0v) is 6.87. The molecule has 2 unspecified atom stereocenters. The van der Waals surface area contributed by atoms with E-state index in [9.17, 15) is 4.79 Å². The molecule has 0 amide bonds. The van der Waals surface area contributed by atoms with Gasteiger partial charge in [-0.1, -0.05) is 6.92 Å². The van der Waals surface area contributed by atoms with Crippen molar-refractivity contribution in [3.63, 3.8) is 0 Å². The first-order chi connectivity index (χ1) is 5.70. The molecule has 3 heteroatoms. The fourth-order valence-corrected chi connectivity index (χ4v) is 2.02. The Morgan fingerprint density at radius 1 is 1.67 bits per heavy atom. The third kappa shape index (κ3) is 0.858. The molecule has 3 nitrogen and oxygen atoms in total. The molecule has 64 valence electrons. The second kappa shape index (κ2) is 2.37. The number of hydrogen-bond donors (Lipinski definition) is 2. The van der Waals surface area contributed by atoms with Gasteiger partial charge in [0.2, 0.25) is 0 Å². The summed E-state index contributed by atoms with van der Waals surface area (Å²) in [6, 6.07) is 0. The molecule has 2 rings (SSSR count). The minimum absolute atomic E-state index is 0.238. The molecule has 0 saturated carbocycles. The quantitative estimate of drug-likeness (QED) is 0.660. The molecule has 2 N–H and O–H groups in total. The lowest BCUT2D eigenvalue weighted by molar-refractivity contribution is -0.139. The first-order valence-electron chi connectivity index (χ1n) is 4.08. The number of hydrogen-bond acceptors (Lipinski definition) is 1. The molecular weight excluding hydrogens is 154 g/mol. The summed E-state index contributed by atoms with van der Waals surface area (Å²) in [5.41, 5.74) is 2.13. The average Bonchev–Trinajstić information content (AvgIpc) is 2.44. The summed E-state index contributed by atoms with van der Waals surface area (Å²) in [4.78, 5) is 13.8. The van der Waals surface area contributed by atoms with Gasteiger partial charge in [0.05, 0.1) is 5.92 Å². The lowest BCUT2D eigenvalue weighted by Gasteiger charge is -2.09. The second-order valence-corrected chi connectivity index (χ2v) is 3.43. The summed E-state index contributed by atoms with van der Waals surface area (Å²) in [6.07, 6.45) is 4.59. The van der Waals surface area contributed by atoms with Crippen molar-refractivity contribution < 1.29 is 9.90 Å². The fraction of sp³-hybridized carbons (Fsp3) is 0.444. The molecule has 0 aromatic carbocycles. The Labute approximate surface area is 70.4 Å². The minimum atomic E-state index is -0.708. The van der Waals surface area contributed by atoms with E-state index >= 15 is 0 Å². The van der Waals surface area contributed by atoms with Crippen LogP contribution in [-0.2, 0) is 11.2 Å². The molecule has 1 aliphatic carbocycles. The average molecular weight is 165 g/mol. The van der Waals surface area contributed by atoms with E-state index in [0.29, 0.717) is 0 Å². The van der Waals surface area contributed by atoms with Crippen molar-refractivity contribution in [1.82, 2.24) is 4.98 Å². The van der Waals surface area contributed by atoms with Crippen LogP contribution in [0.2, 0.25) is 0 Å². The predicted octanol–water partition coefficient (Wildman–Crippen LogP) is 1.38. The topological polar surface area (TPSA) is 53.1 Å². The van der Waals surface area contributed by atoms with E-state index in [1.165, 1.54) is 0 Å². The maximum atomic E-state index is 10.9. The largest absolute Gasteiger partial charge is 0.481 e. The van der Waals surface area contributed by atoms with Gasteiger partial charge < -0.3 is 10.1 Å². The summed E-state index contributed by atoms with van der Waals surface area (Å²) in [7, 11) is 0. The molecule has 1 aromatic heterocycles. The number of carboxylic acid groups (broad SMARTS) is 1. The van der Waals surface area contributed by atoms with E-state index in [1.807, 2.05) is 13.1 Å². The highest BCUT2D eigenvalue weighted by atomic mass is 16.4. The van der Waals surface area contributed by atoms with Crippen molar-refractivity contribution in [1.29, 1.82) is 0 Å². The molecule has 1 aromatic rings. The molecule has 0 bridgehead atoms. The lowest BCUT2D eigenvalue weighted by atomic mass is 9.95. The van der Waals surface area contributed by atoms with Crippen LogP contribution in [0.3, 0.4) is 0 Å². The fourth-order valence-electron chi connectivity index (χ4n) is 2.02. The summed E-state index contributed by atoms with van der Waals surface area (Å²) in [6.45, 7) is 1.98. The van der Waals surface area contributed by atoms with Crippen LogP contribution in [0.25, 0.3) is 0 Å². The van der Waals surface area contributed by atoms with Gasteiger partial charge in [0.25, 0.3) is 0 Å². The zero-order chi connectivity index (χ0) is 8.72. The molecule has 0 radical (unpaired) electrons. The summed E-state index contributed by atoms with van der Waals surface area (Å²) in [5, 5.41) is 8.93. The lowest BCUT2D eigenvalue weighted by Crippen LogP contribution is -2.14. The summed E-state index contributed by atoms with van der Waals surface area (Å²) in [5.74, 6) is -0.769. The van der Waals surface area contributed by atoms with Crippen molar-refractivity contribution in [2.24, 2.45) is 5.92 Å². The van der Waals surface area contributed by atoms with Crippen molar-refractivity contribution >= 4 is 5.97 Å². The maximum Gasteiger partial charge on any atom is 0.311 e. The Balaban J connectivity index is 2.41. The van der Waals surface area contributed by atoms with Crippen LogP contribution in [0.5, 0.6) is 0 Å². The highest BCUT2D eigenvalue weighted by molar-refractivity contribution is 5.78. The van der Waals surface area contributed by atoms with Crippen molar-refractivity contribution in [2.75, 3.05) is 0 Å². The molecule has 1 aliphatic rings. The van der Waals surface area contributed by atoms with Gasteiger partial charge in [-0.05, 0) is 23.5 Å². The summed E-state index contributed by atoms with van der Waals surface area (Å²) >= 11 is 0. The zero-order valence-electron chi connectivity index (χ0n) is 6.87. The first kappa shape index (κ1) is 7.40. The number of aliphatic carboxylic acids is 1. The van der Waals surface area contributed by atoms with Gasteiger partial charge in [-0.3, -0.25) is 4.79 Å². The number of H-pyrrole nitrogens is 1. The Hall–Kier alpha value is -1.25. The van der Waals surface area contributed by atoms with Gasteiger partial charge >= 0.3 is 5.97 Å². The van der Waals surface area contributed by atoms with E-state index in [1.54, 1.807) is 6.20 Å². The van der Waals surface area contributed by atoms with E-state index in [2.05, 4.69) is 4.98 Å². The SMILES string of the molecule is CC1Cc2c[nH]cc2C1C(=O)O. The minimum Gasteiger partial charge on any atom is -0.481 e. The van der Waals surface area contributed by atoms with Gasteiger partial charge in [0.15, 0.2) is 0 Å². The van der Waals surface area contributed by atoms with E-state index in [0.717, 1.165) is 17.5 Å². The van der Waals surface area contributed by atoms with Crippen LogP contribution < -0.4 is 0 Å². The smallest absolute Gasteiger partial charge is 0.311 e. The van der Waals surface area contributed by atoms with Gasteiger partial charge in [-0.15, -0.1) is 0 Å².